The molecule has 1 rings (SSSR count). The SMILES string of the molecule is CCCCCCCC(CCC)CCOC(Cc1ccccc1)C(O)CO. The Labute approximate surface area is 160 Å². The molecule has 0 spiro atoms. The smallest absolute Gasteiger partial charge is 0.103 e. The standard InChI is InChI=1S/C23H40O3/c1-3-5-6-7-9-13-20(12-4-2)16-17-26-23(22(25)19-24)18-21-14-10-8-11-15-21/h8,10-11,14-15,20,22-25H,3-7,9,12-13,16-19H2,1-2H3. The highest BCUT2D eigenvalue weighted by atomic mass is 16.5. The van der Waals surface area contributed by atoms with Crippen molar-refractivity contribution < 1.29 is 14.9 Å². The molecule has 3 nitrogen and oxygen atoms in total. The Bertz CT molecular complexity index is 421. The van der Waals surface area contributed by atoms with Gasteiger partial charge in [-0.05, 0) is 17.9 Å². The van der Waals surface area contributed by atoms with Gasteiger partial charge in [0.05, 0.1) is 12.7 Å². The van der Waals surface area contributed by atoms with Crippen molar-refractivity contribution >= 4 is 0 Å². The van der Waals surface area contributed by atoms with Gasteiger partial charge in [0.15, 0.2) is 0 Å². The monoisotopic (exact) mass is 364 g/mol. The fourth-order valence-electron chi connectivity index (χ4n) is 3.53. The van der Waals surface area contributed by atoms with Crippen molar-refractivity contribution in [3.63, 3.8) is 0 Å². The maximum absolute atomic E-state index is 10.1. The molecule has 0 fully saturated rings. The molecule has 150 valence electrons. The van der Waals surface area contributed by atoms with Crippen molar-refractivity contribution in [3.05, 3.63) is 35.9 Å². The van der Waals surface area contributed by atoms with E-state index in [9.17, 15) is 10.2 Å². The lowest BCUT2D eigenvalue weighted by Gasteiger charge is -2.24. The average Bonchev–Trinajstić information content (AvgIpc) is 2.67. The lowest BCUT2D eigenvalue weighted by molar-refractivity contribution is -0.0604. The van der Waals surface area contributed by atoms with Crippen molar-refractivity contribution in [2.75, 3.05) is 13.2 Å². The molecular formula is C23H40O3. The van der Waals surface area contributed by atoms with Gasteiger partial charge in [-0.1, -0.05) is 95.5 Å². The minimum absolute atomic E-state index is 0.257. The van der Waals surface area contributed by atoms with E-state index < -0.39 is 6.10 Å². The van der Waals surface area contributed by atoms with Crippen molar-refractivity contribution in [3.8, 4) is 0 Å². The maximum Gasteiger partial charge on any atom is 0.103 e. The minimum atomic E-state index is -0.825. The fourth-order valence-corrected chi connectivity index (χ4v) is 3.53. The molecule has 26 heavy (non-hydrogen) atoms. The summed E-state index contributed by atoms with van der Waals surface area (Å²) in [5.74, 6) is 0.713. The first kappa shape index (κ1) is 23.1. The predicted octanol–water partition coefficient (Wildman–Crippen LogP) is 5.13. The van der Waals surface area contributed by atoms with E-state index in [2.05, 4.69) is 13.8 Å². The molecule has 0 aliphatic carbocycles. The van der Waals surface area contributed by atoms with Crippen LogP contribution < -0.4 is 0 Å². The first-order valence-electron chi connectivity index (χ1n) is 10.7. The van der Waals surface area contributed by atoms with Crippen molar-refractivity contribution in [2.24, 2.45) is 5.92 Å². The van der Waals surface area contributed by atoms with Gasteiger partial charge < -0.3 is 14.9 Å². The molecule has 0 aliphatic heterocycles. The van der Waals surface area contributed by atoms with Crippen LogP contribution in [-0.4, -0.2) is 35.6 Å². The molecular weight excluding hydrogens is 324 g/mol. The maximum atomic E-state index is 10.1. The van der Waals surface area contributed by atoms with E-state index in [0.717, 1.165) is 12.0 Å². The van der Waals surface area contributed by atoms with E-state index in [1.807, 2.05) is 30.3 Å². The number of rotatable bonds is 16. The van der Waals surface area contributed by atoms with E-state index in [1.54, 1.807) is 0 Å². The summed E-state index contributed by atoms with van der Waals surface area (Å²) in [4.78, 5) is 0. The van der Waals surface area contributed by atoms with Crippen LogP contribution in [0.4, 0.5) is 0 Å². The van der Waals surface area contributed by atoms with Crippen molar-refractivity contribution in [1.82, 2.24) is 0 Å². The van der Waals surface area contributed by atoms with Gasteiger partial charge >= 0.3 is 0 Å². The van der Waals surface area contributed by atoms with Crippen LogP contribution in [0.2, 0.25) is 0 Å². The zero-order valence-electron chi connectivity index (χ0n) is 16.9. The predicted molar refractivity (Wildman–Crippen MR) is 109 cm³/mol. The topological polar surface area (TPSA) is 49.7 Å². The molecule has 1 aromatic carbocycles. The number of hydrogen-bond acceptors (Lipinski definition) is 3. The molecule has 3 atom stereocenters. The summed E-state index contributed by atoms with van der Waals surface area (Å²) >= 11 is 0. The molecule has 0 saturated carbocycles. The highest BCUT2D eigenvalue weighted by Gasteiger charge is 2.20. The average molecular weight is 365 g/mol. The second-order valence-corrected chi connectivity index (χ2v) is 7.50. The van der Waals surface area contributed by atoms with E-state index >= 15 is 0 Å². The molecule has 0 aromatic heterocycles. The Kier molecular flexibility index (Phi) is 13.5. The lowest BCUT2D eigenvalue weighted by atomic mass is 9.93. The second-order valence-electron chi connectivity index (χ2n) is 7.50. The molecule has 1 aromatic rings. The van der Waals surface area contributed by atoms with Crippen LogP contribution >= 0.6 is 0 Å². The van der Waals surface area contributed by atoms with Crippen LogP contribution in [-0.2, 0) is 11.2 Å². The molecule has 0 saturated heterocycles. The summed E-state index contributed by atoms with van der Waals surface area (Å²) < 4.78 is 6.01. The zero-order chi connectivity index (χ0) is 19.0. The summed E-state index contributed by atoms with van der Waals surface area (Å²) in [7, 11) is 0. The molecule has 0 bridgehead atoms. The third kappa shape index (κ3) is 10.3. The summed E-state index contributed by atoms with van der Waals surface area (Å²) in [6.07, 6.45) is 10.9. The van der Waals surface area contributed by atoms with Crippen LogP contribution in [0.25, 0.3) is 0 Å². The van der Waals surface area contributed by atoms with Crippen LogP contribution in [0.15, 0.2) is 30.3 Å². The van der Waals surface area contributed by atoms with Gasteiger partial charge in [-0.2, -0.15) is 0 Å². The lowest BCUT2D eigenvalue weighted by Crippen LogP contribution is -2.34. The second kappa shape index (κ2) is 15.2. The van der Waals surface area contributed by atoms with Gasteiger partial charge in [-0.15, -0.1) is 0 Å². The number of unbranched alkanes of at least 4 members (excludes halogenated alkanes) is 4. The first-order chi connectivity index (χ1) is 12.7. The molecule has 0 amide bonds. The number of aliphatic hydroxyl groups excluding tert-OH is 2. The Morgan fingerprint density at radius 2 is 1.62 bits per heavy atom. The molecule has 0 heterocycles. The third-order valence-corrected chi connectivity index (χ3v) is 5.17. The van der Waals surface area contributed by atoms with Crippen LogP contribution in [0.3, 0.4) is 0 Å². The van der Waals surface area contributed by atoms with Crippen LogP contribution in [0, 0.1) is 5.92 Å². The minimum Gasteiger partial charge on any atom is -0.394 e. The summed E-state index contributed by atoms with van der Waals surface area (Å²) in [5, 5.41) is 19.4. The Hall–Kier alpha value is -0.900. The molecule has 0 aliphatic rings. The number of aliphatic hydroxyl groups is 2. The van der Waals surface area contributed by atoms with Gasteiger partial charge in [0.2, 0.25) is 0 Å². The van der Waals surface area contributed by atoms with Gasteiger partial charge in [-0.3, -0.25) is 0 Å². The number of hydrogen-bond donors (Lipinski definition) is 2. The van der Waals surface area contributed by atoms with Gasteiger partial charge in [0, 0.05) is 13.0 Å². The first-order valence-corrected chi connectivity index (χ1v) is 10.7. The highest BCUT2D eigenvalue weighted by molar-refractivity contribution is 5.15. The summed E-state index contributed by atoms with van der Waals surface area (Å²) in [5.41, 5.74) is 1.13. The Morgan fingerprint density at radius 3 is 2.27 bits per heavy atom. The quantitative estimate of drug-likeness (QED) is 0.400. The summed E-state index contributed by atoms with van der Waals surface area (Å²) in [6, 6.07) is 10.0. The Morgan fingerprint density at radius 1 is 0.885 bits per heavy atom. The molecule has 0 radical (unpaired) electrons. The van der Waals surface area contributed by atoms with E-state index in [-0.39, 0.29) is 12.7 Å². The van der Waals surface area contributed by atoms with Gasteiger partial charge in [0.1, 0.15) is 6.10 Å². The normalized spacial score (nSPS) is 14.9. The zero-order valence-corrected chi connectivity index (χ0v) is 16.9. The van der Waals surface area contributed by atoms with Crippen LogP contribution in [0.5, 0.6) is 0 Å². The summed E-state index contributed by atoms with van der Waals surface area (Å²) in [6.45, 7) is 4.91. The number of ether oxygens (including phenoxy) is 1. The van der Waals surface area contributed by atoms with Gasteiger partial charge in [0.25, 0.3) is 0 Å². The number of benzene rings is 1. The van der Waals surface area contributed by atoms with Crippen LogP contribution in [0.1, 0.15) is 77.2 Å². The fraction of sp³-hybridized carbons (Fsp3) is 0.739. The van der Waals surface area contributed by atoms with E-state index in [0.29, 0.717) is 18.9 Å². The van der Waals surface area contributed by atoms with Crippen molar-refractivity contribution in [1.29, 1.82) is 0 Å². The largest absolute Gasteiger partial charge is 0.394 e. The van der Waals surface area contributed by atoms with Crippen molar-refractivity contribution in [2.45, 2.75) is 90.3 Å². The molecule has 2 N–H and O–H groups in total. The molecule has 3 heteroatoms. The van der Waals surface area contributed by atoms with E-state index in [1.165, 1.54) is 51.4 Å². The van der Waals surface area contributed by atoms with Gasteiger partial charge in [-0.25, -0.2) is 0 Å². The van der Waals surface area contributed by atoms with E-state index in [4.69, 9.17) is 4.74 Å². The molecule has 3 unspecified atom stereocenters. The third-order valence-electron chi connectivity index (χ3n) is 5.17. The Balaban J connectivity index is 2.39. The highest BCUT2D eigenvalue weighted by Crippen LogP contribution is 2.21.